The fourth-order valence-electron chi connectivity index (χ4n) is 3.32. The van der Waals surface area contributed by atoms with Crippen LogP contribution in [0.3, 0.4) is 0 Å². The molecule has 3 heterocycles. The van der Waals surface area contributed by atoms with Crippen molar-refractivity contribution in [1.29, 1.82) is 0 Å². The van der Waals surface area contributed by atoms with Crippen molar-refractivity contribution in [2.24, 2.45) is 7.05 Å². The van der Waals surface area contributed by atoms with Crippen LogP contribution in [-0.2, 0) is 13.6 Å². The van der Waals surface area contributed by atoms with Gasteiger partial charge in [-0.2, -0.15) is 5.10 Å². The Hall–Kier alpha value is -2.51. The quantitative estimate of drug-likeness (QED) is 0.433. The average Bonchev–Trinajstić information content (AvgIpc) is 3.23. The van der Waals surface area contributed by atoms with Crippen LogP contribution in [-0.4, -0.2) is 32.6 Å². The van der Waals surface area contributed by atoms with Crippen LogP contribution in [0.15, 0.2) is 52.3 Å². The van der Waals surface area contributed by atoms with E-state index in [0.29, 0.717) is 12.1 Å². The lowest BCUT2D eigenvalue weighted by atomic mass is 10.0. The summed E-state index contributed by atoms with van der Waals surface area (Å²) in [5, 5.41) is 5.31. The van der Waals surface area contributed by atoms with E-state index in [0.717, 1.165) is 36.6 Å². The summed E-state index contributed by atoms with van der Waals surface area (Å²) >= 11 is 5.11. The first-order valence-corrected chi connectivity index (χ1v) is 10.4. The smallest absolute Gasteiger partial charge is 0.254 e. The maximum absolute atomic E-state index is 13.4. The van der Waals surface area contributed by atoms with Crippen LogP contribution < -0.4 is 0 Å². The summed E-state index contributed by atoms with van der Waals surface area (Å²) in [6, 6.07) is 15.8. The molecule has 4 aromatic rings. The van der Waals surface area contributed by atoms with Crippen LogP contribution in [0.5, 0.6) is 0 Å². The van der Waals surface area contributed by atoms with Gasteiger partial charge in [0.25, 0.3) is 5.91 Å². The number of pyridine rings is 1. The molecule has 0 saturated heterocycles. The zero-order valence-corrected chi connectivity index (χ0v) is 18.2. The first kappa shape index (κ1) is 18.8. The summed E-state index contributed by atoms with van der Waals surface area (Å²) in [7, 11) is 3.69. The Kier molecular flexibility index (Phi) is 5.03. The van der Waals surface area contributed by atoms with E-state index < -0.39 is 0 Å². The van der Waals surface area contributed by atoms with E-state index in [1.165, 1.54) is 0 Å². The van der Waals surface area contributed by atoms with Crippen LogP contribution in [0.4, 0.5) is 0 Å². The van der Waals surface area contributed by atoms with E-state index in [-0.39, 0.29) is 5.91 Å². The van der Waals surface area contributed by atoms with Gasteiger partial charge in [0.15, 0.2) is 5.65 Å². The maximum Gasteiger partial charge on any atom is 0.254 e. The van der Waals surface area contributed by atoms with Crippen molar-refractivity contribution >= 4 is 44.2 Å². The third-order valence-electron chi connectivity index (χ3n) is 4.64. The number of aromatic nitrogens is 3. The molecule has 0 aliphatic heterocycles. The molecule has 5 nitrogen and oxygen atoms in total. The Balaban J connectivity index is 1.81. The fraction of sp³-hybridized carbons (Fsp3) is 0.190. The Labute approximate surface area is 175 Å². The SMILES string of the molecule is Cc1nn(C)c2nc(-c3ccccc3)cc(C(=O)N(C)Cc3ccc(Br)s3)c12. The van der Waals surface area contributed by atoms with Gasteiger partial charge in [-0.05, 0) is 41.1 Å². The molecule has 0 N–H and O–H groups in total. The third kappa shape index (κ3) is 3.47. The van der Waals surface area contributed by atoms with Crippen LogP contribution in [0.2, 0.25) is 0 Å². The molecule has 142 valence electrons. The maximum atomic E-state index is 13.4. The number of carbonyl (C=O) groups excluding carboxylic acids is 1. The minimum atomic E-state index is -0.0368. The predicted octanol–water partition coefficient (Wildman–Crippen LogP) is 5.04. The molecule has 0 spiro atoms. The number of amides is 1. The lowest BCUT2D eigenvalue weighted by Gasteiger charge is -2.17. The molecule has 1 aromatic carbocycles. The van der Waals surface area contributed by atoms with Gasteiger partial charge in [-0.3, -0.25) is 9.48 Å². The average molecular weight is 455 g/mol. The highest BCUT2D eigenvalue weighted by Gasteiger charge is 2.22. The topological polar surface area (TPSA) is 51.0 Å². The zero-order chi connectivity index (χ0) is 19.8. The largest absolute Gasteiger partial charge is 0.337 e. The van der Waals surface area contributed by atoms with E-state index >= 15 is 0 Å². The number of halogens is 1. The highest BCUT2D eigenvalue weighted by Crippen LogP contribution is 2.29. The number of aryl methyl sites for hydroxylation is 2. The number of rotatable bonds is 4. The lowest BCUT2D eigenvalue weighted by Crippen LogP contribution is -2.26. The van der Waals surface area contributed by atoms with Gasteiger partial charge in [-0.1, -0.05) is 30.3 Å². The van der Waals surface area contributed by atoms with Gasteiger partial charge < -0.3 is 4.90 Å². The van der Waals surface area contributed by atoms with Crippen LogP contribution >= 0.6 is 27.3 Å². The number of nitrogens with zero attached hydrogens (tertiary/aromatic N) is 4. The summed E-state index contributed by atoms with van der Waals surface area (Å²) in [4.78, 5) is 21.0. The van der Waals surface area contributed by atoms with E-state index in [2.05, 4.69) is 21.0 Å². The number of benzene rings is 1. The molecular weight excluding hydrogens is 436 g/mol. The van der Waals surface area contributed by atoms with Crippen molar-refractivity contribution in [3.8, 4) is 11.3 Å². The van der Waals surface area contributed by atoms with Crippen LogP contribution in [0.25, 0.3) is 22.3 Å². The second-order valence-corrected chi connectivity index (χ2v) is 9.24. The second kappa shape index (κ2) is 7.48. The normalized spacial score (nSPS) is 11.1. The summed E-state index contributed by atoms with van der Waals surface area (Å²) in [6.07, 6.45) is 0. The second-order valence-electron chi connectivity index (χ2n) is 6.70. The first-order chi connectivity index (χ1) is 13.4. The van der Waals surface area contributed by atoms with Crippen molar-refractivity contribution in [1.82, 2.24) is 19.7 Å². The van der Waals surface area contributed by atoms with E-state index in [1.54, 1.807) is 20.9 Å². The minimum absolute atomic E-state index is 0.0368. The summed E-state index contributed by atoms with van der Waals surface area (Å²) in [5.41, 5.74) is 3.90. The van der Waals surface area contributed by atoms with Gasteiger partial charge in [0.05, 0.1) is 32.7 Å². The van der Waals surface area contributed by atoms with Gasteiger partial charge >= 0.3 is 0 Å². The molecule has 0 unspecified atom stereocenters. The fourth-order valence-corrected chi connectivity index (χ4v) is 4.85. The Morgan fingerprint density at radius 2 is 1.96 bits per heavy atom. The molecule has 0 aliphatic rings. The Bertz CT molecular complexity index is 1170. The number of hydrogen-bond acceptors (Lipinski definition) is 4. The molecule has 1 amide bonds. The molecule has 0 bridgehead atoms. The Morgan fingerprint density at radius 1 is 1.21 bits per heavy atom. The molecule has 4 rings (SSSR count). The van der Waals surface area contributed by atoms with Crippen molar-refractivity contribution in [2.75, 3.05) is 7.05 Å². The van der Waals surface area contributed by atoms with Crippen LogP contribution in [0, 0.1) is 6.92 Å². The zero-order valence-electron chi connectivity index (χ0n) is 15.8. The highest BCUT2D eigenvalue weighted by atomic mass is 79.9. The molecule has 7 heteroatoms. The molecule has 0 atom stereocenters. The predicted molar refractivity (Wildman–Crippen MR) is 116 cm³/mol. The van der Waals surface area contributed by atoms with E-state index in [1.807, 2.05) is 69.6 Å². The molecule has 0 aliphatic carbocycles. The van der Waals surface area contributed by atoms with Crippen molar-refractivity contribution in [2.45, 2.75) is 13.5 Å². The summed E-state index contributed by atoms with van der Waals surface area (Å²) in [6.45, 7) is 2.47. The van der Waals surface area contributed by atoms with Gasteiger partial charge in [0.2, 0.25) is 0 Å². The lowest BCUT2D eigenvalue weighted by molar-refractivity contribution is 0.0788. The molecular formula is C21H19BrN4OS. The van der Waals surface area contributed by atoms with Crippen molar-refractivity contribution < 1.29 is 4.79 Å². The highest BCUT2D eigenvalue weighted by molar-refractivity contribution is 9.11. The minimum Gasteiger partial charge on any atom is -0.337 e. The number of hydrogen-bond donors (Lipinski definition) is 0. The van der Waals surface area contributed by atoms with E-state index in [9.17, 15) is 4.79 Å². The third-order valence-corrected chi connectivity index (χ3v) is 6.25. The molecule has 28 heavy (non-hydrogen) atoms. The summed E-state index contributed by atoms with van der Waals surface area (Å²) in [5.74, 6) is -0.0368. The van der Waals surface area contributed by atoms with Crippen LogP contribution in [0.1, 0.15) is 20.9 Å². The Morgan fingerprint density at radius 3 is 2.64 bits per heavy atom. The van der Waals surface area contributed by atoms with Gasteiger partial charge in [0, 0.05) is 24.5 Å². The number of thiophene rings is 1. The standard InChI is InChI=1S/C21H19BrN4OS/c1-13-19-16(21(27)25(2)12-15-9-10-18(22)28-15)11-17(14-7-5-4-6-8-14)23-20(19)26(3)24-13/h4-11H,12H2,1-3H3. The van der Waals surface area contributed by atoms with Crippen molar-refractivity contribution in [3.05, 3.63) is 68.5 Å². The first-order valence-electron chi connectivity index (χ1n) is 8.83. The van der Waals surface area contributed by atoms with Crippen molar-refractivity contribution in [3.63, 3.8) is 0 Å². The summed E-state index contributed by atoms with van der Waals surface area (Å²) < 4.78 is 2.80. The monoisotopic (exact) mass is 454 g/mol. The molecule has 0 fully saturated rings. The molecule has 0 saturated carbocycles. The van der Waals surface area contributed by atoms with Gasteiger partial charge in [-0.25, -0.2) is 4.98 Å². The van der Waals surface area contributed by atoms with Gasteiger partial charge in [-0.15, -0.1) is 11.3 Å². The molecule has 3 aromatic heterocycles. The van der Waals surface area contributed by atoms with Gasteiger partial charge in [0.1, 0.15) is 0 Å². The van der Waals surface area contributed by atoms with E-state index in [4.69, 9.17) is 4.98 Å². The molecule has 0 radical (unpaired) electrons. The number of carbonyl (C=O) groups is 1. The number of fused-ring (bicyclic) bond motifs is 1.